The smallest absolute Gasteiger partial charge is 0.0428 e. The van der Waals surface area contributed by atoms with Gasteiger partial charge in [0.1, 0.15) is 0 Å². The zero-order valence-electron chi connectivity index (χ0n) is 14.8. The summed E-state index contributed by atoms with van der Waals surface area (Å²) in [5.41, 5.74) is 0. The molecule has 0 amide bonds. The summed E-state index contributed by atoms with van der Waals surface area (Å²) < 4.78 is 0. The van der Waals surface area contributed by atoms with Gasteiger partial charge in [0.15, 0.2) is 0 Å². The fourth-order valence-corrected chi connectivity index (χ4v) is 0. The Labute approximate surface area is 147 Å². The number of rotatable bonds is 5. The van der Waals surface area contributed by atoms with Gasteiger partial charge in [0, 0.05) is 55.4 Å². The first kappa shape index (κ1) is 37.6. The van der Waals surface area contributed by atoms with E-state index < -0.39 is 0 Å². The van der Waals surface area contributed by atoms with E-state index in [9.17, 15) is 0 Å². The van der Waals surface area contributed by atoms with Crippen molar-refractivity contribution in [3.8, 4) is 0 Å². The second kappa shape index (κ2) is 70.6. The van der Waals surface area contributed by atoms with Crippen LogP contribution in [0.3, 0.4) is 0 Å². The first-order chi connectivity index (χ1) is 9.57. The quantitative estimate of drug-likeness (QED) is 0.413. The Hall–Kier alpha value is 0.540. The third kappa shape index (κ3) is 230. The monoisotopic (exact) mass is 481 g/mol. The molecule has 0 fully saturated rings. The van der Waals surface area contributed by atoms with Crippen molar-refractivity contribution in [2.45, 2.75) is 66.7 Å². The van der Waals surface area contributed by atoms with Crippen molar-refractivity contribution >= 4 is 0 Å². The van der Waals surface area contributed by atoms with Gasteiger partial charge in [-0.15, -0.1) is 0 Å². The van der Waals surface area contributed by atoms with Crippen molar-refractivity contribution in [3.05, 3.63) is 0 Å². The molecular formula is C15H40O5Ta. The normalized spacial score (nSPS) is 7.14. The fourth-order valence-electron chi connectivity index (χ4n) is 0. The maximum absolute atomic E-state index is 7.88. The van der Waals surface area contributed by atoms with Crippen molar-refractivity contribution < 1.29 is 47.9 Å². The summed E-state index contributed by atoms with van der Waals surface area (Å²) in [5, 5.41) is 39.4. The Balaban J connectivity index is -0.0000000331. The maximum Gasteiger partial charge on any atom is 0.0428 e. The average molecular weight is 481 g/mol. The van der Waals surface area contributed by atoms with Crippen LogP contribution in [0.15, 0.2) is 0 Å². The molecule has 0 saturated carbocycles. The van der Waals surface area contributed by atoms with Crippen LogP contribution in [0.1, 0.15) is 66.7 Å². The summed E-state index contributed by atoms with van der Waals surface area (Å²) in [6.45, 7) is 11.2. The number of aliphatic hydroxyl groups is 5. The van der Waals surface area contributed by atoms with E-state index in [0.29, 0.717) is 33.0 Å². The predicted octanol–water partition coefficient (Wildman–Crippen LogP) is 1.94. The van der Waals surface area contributed by atoms with E-state index in [1.165, 1.54) is 0 Å². The van der Waals surface area contributed by atoms with Gasteiger partial charge in [-0.1, -0.05) is 34.6 Å². The van der Waals surface area contributed by atoms with Crippen LogP contribution in [0.2, 0.25) is 0 Å². The van der Waals surface area contributed by atoms with Crippen molar-refractivity contribution in [1.29, 1.82) is 0 Å². The van der Waals surface area contributed by atoms with Gasteiger partial charge in [-0.3, -0.25) is 0 Å². The zero-order chi connectivity index (χ0) is 17.1. The molecule has 0 aromatic rings. The van der Waals surface area contributed by atoms with E-state index in [4.69, 9.17) is 25.5 Å². The molecule has 21 heavy (non-hydrogen) atoms. The van der Waals surface area contributed by atoms with Crippen LogP contribution in [0.4, 0.5) is 0 Å². The summed E-state index contributed by atoms with van der Waals surface area (Å²) in [6, 6.07) is 0. The van der Waals surface area contributed by atoms with Crippen LogP contribution in [-0.2, 0) is 22.4 Å². The molecule has 5 N–H and O–H groups in total. The minimum atomic E-state index is 0. The van der Waals surface area contributed by atoms with Crippen molar-refractivity contribution in [3.63, 3.8) is 0 Å². The molecular weight excluding hydrogens is 441 g/mol. The van der Waals surface area contributed by atoms with E-state index in [2.05, 4.69) is 0 Å². The number of hydrogen-bond acceptors (Lipinski definition) is 5. The van der Waals surface area contributed by atoms with Crippen molar-refractivity contribution in [2.24, 2.45) is 0 Å². The summed E-state index contributed by atoms with van der Waals surface area (Å²) in [5.74, 6) is 0. The second-order valence-electron chi connectivity index (χ2n) is 3.62. The van der Waals surface area contributed by atoms with Crippen LogP contribution >= 0.6 is 0 Å². The van der Waals surface area contributed by atoms with E-state index in [-0.39, 0.29) is 22.4 Å². The van der Waals surface area contributed by atoms with Gasteiger partial charge in [0.25, 0.3) is 0 Å². The zero-order valence-corrected chi connectivity index (χ0v) is 18.0. The Kier molecular flexibility index (Phi) is 127. The van der Waals surface area contributed by atoms with Crippen LogP contribution in [-0.4, -0.2) is 58.6 Å². The van der Waals surface area contributed by atoms with Crippen LogP contribution < -0.4 is 0 Å². The summed E-state index contributed by atoms with van der Waals surface area (Å²) in [6.07, 6.45) is 4.38. The largest absolute Gasteiger partial charge is 0.396 e. The van der Waals surface area contributed by atoms with Crippen LogP contribution in [0.25, 0.3) is 0 Å². The molecule has 0 rings (SSSR count). The molecule has 0 unspecified atom stereocenters. The van der Waals surface area contributed by atoms with Gasteiger partial charge >= 0.3 is 0 Å². The molecule has 5 nitrogen and oxygen atoms in total. The Morgan fingerprint density at radius 1 is 0.381 bits per heavy atom. The molecule has 0 aliphatic rings. The molecule has 0 bridgehead atoms. The summed E-state index contributed by atoms with van der Waals surface area (Å²) in [4.78, 5) is 0. The van der Waals surface area contributed by atoms with Gasteiger partial charge < -0.3 is 25.5 Å². The van der Waals surface area contributed by atoms with Crippen LogP contribution in [0, 0.1) is 0 Å². The first-order valence-corrected chi connectivity index (χ1v) is 7.62. The average Bonchev–Trinajstić information content (AvgIpc) is 2.55. The molecule has 0 aliphatic heterocycles. The van der Waals surface area contributed by atoms with E-state index in [0.717, 1.165) is 32.1 Å². The molecule has 0 aliphatic carbocycles. The second-order valence-corrected chi connectivity index (χ2v) is 3.62. The van der Waals surface area contributed by atoms with Gasteiger partial charge in [-0.2, -0.15) is 0 Å². The van der Waals surface area contributed by atoms with Crippen LogP contribution in [0.5, 0.6) is 0 Å². The summed E-state index contributed by atoms with van der Waals surface area (Å²) >= 11 is 0. The topological polar surface area (TPSA) is 101 Å². The molecule has 1 radical (unpaired) electrons. The van der Waals surface area contributed by atoms with E-state index in [1.807, 2.05) is 34.6 Å². The van der Waals surface area contributed by atoms with E-state index in [1.54, 1.807) is 0 Å². The molecule has 6 heteroatoms. The van der Waals surface area contributed by atoms with Gasteiger partial charge in [-0.05, 0) is 32.1 Å². The molecule has 135 valence electrons. The molecule has 0 aromatic heterocycles. The Morgan fingerprint density at radius 3 is 0.429 bits per heavy atom. The third-order valence-corrected chi connectivity index (χ3v) is 1.12. The maximum atomic E-state index is 7.88. The minimum Gasteiger partial charge on any atom is -0.396 e. The molecule has 0 heterocycles. The molecule has 0 atom stereocenters. The number of hydrogen-bond donors (Lipinski definition) is 5. The fraction of sp³-hybridized carbons (Fsp3) is 1.00. The first-order valence-electron chi connectivity index (χ1n) is 7.62. The Morgan fingerprint density at radius 2 is 0.429 bits per heavy atom. The van der Waals surface area contributed by atoms with Crippen molar-refractivity contribution in [2.75, 3.05) is 33.0 Å². The molecule has 0 aromatic carbocycles. The Bertz CT molecular complexity index is 55.2. The van der Waals surface area contributed by atoms with Gasteiger partial charge in [0.05, 0.1) is 0 Å². The number of aliphatic hydroxyl groups excluding tert-OH is 5. The SMILES string of the molecule is CCCO.CCCO.CCCO.CCCO.CCCO.[Ta]. The standard InChI is InChI=1S/5C3H8O.Ta/c5*1-2-3-4;/h5*4H,2-3H2,1H3;. The molecule has 0 saturated heterocycles. The predicted molar refractivity (Wildman–Crippen MR) is 86.9 cm³/mol. The van der Waals surface area contributed by atoms with Crippen molar-refractivity contribution in [1.82, 2.24) is 0 Å². The molecule has 0 spiro atoms. The summed E-state index contributed by atoms with van der Waals surface area (Å²) in [7, 11) is 0. The minimum absolute atomic E-state index is 0. The third-order valence-electron chi connectivity index (χ3n) is 1.12. The van der Waals surface area contributed by atoms with E-state index >= 15 is 0 Å². The van der Waals surface area contributed by atoms with Gasteiger partial charge in [0.2, 0.25) is 0 Å². The van der Waals surface area contributed by atoms with Gasteiger partial charge in [-0.25, -0.2) is 0 Å².